The third kappa shape index (κ3) is 5.39. The largest absolute Gasteiger partial charge is 0.483 e. The molecule has 7 heteroatoms. The van der Waals surface area contributed by atoms with E-state index in [0.29, 0.717) is 22.7 Å². The molecule has 31 heavy (non-hydrogen) atoms. The Morgan fingerprint density at radius 2 is 1.52 bits per heavy atom. The molecule has 1 saturated carbocycles. The third-order valence-corrected chi connectivity index (χ3v) is 4.86. The monoisotopic (exact) mass is 417 g/mol. The molecule has 3 amide bonds. The van der Waals surface area contributed by atoms with Gasteiger partial charge in [0.1, 0.15) is 5.75 Å². The summed E-state index contributed by atoms with van der Waals surface area (Å²) < 4.78 is 5.74. The summed E-state index contributed by atoms with van der Waals surface area (Å²) in [5, 5.41) is 10.2. The van der Waals surface area contributed by atoms with Crippen LogP contribution in [0.15, 0.2) is 60.7 Å². The van der Waals surface area contributed by atoms with Gasteiger partial charge < -0.3 is 20.7 Å². The molecule has 1 aliphatic carbocycles. The highest BCUT2D eigenvalue weighted by molar-refractivity contribution is 6.09. The molecule has 1 aliphatic rings. The van der Waals surface area contributed by atoms with Crippen LogP contribution in [0.2, 0.25) is 0 Å². The molecule has 3 aromatic carbocycles. The minimum absolute atomic E-state index is 0.152. The number of hydrogen-bond acceptors (Lipinski definition) is 4. The third-order valence-electron chi connectivity index (χ3n) is 4.86. The van der Waals surface area contributed by atoms with Gasteiger partial charge in [0.15, 0.2) is 6.61 Å². The molecular weight excluding hydrogens is 394 g/mol. The molecular formula is C24H23N3O4. The number of amides is 3. The van der Waals surface area contributed by atoms with Crippen LogP contribution in [-0.4, -0.2) is 30.4 Å². The maximum Gasteiger partial charge on any atom is 0.259 e. The van der Waals surface area contributed by atoms with Crippen molar-refractivity contribution in [3.8, 4) is 5.75 Å². The Morgan fingerprint density at radius 3 is 2.13 bits per heavy atom. The summed E-state index contributed by atoms with van der Waals surface area (Å²) in [6.07, 6.45) is 1.99. The van der Waals surface area contributed by atoms with Gasteiger partial charge in [0.05, 0.1) is 5.56 Å². The van der Waals surface area contributed by atoms with Gasteiger partial charge in [-0.2, -0.15) is 0 Å². The average molecular weight is 417 g/mol. The van der Waals surface area contributed by atoms with E-state index in [1.54, 1.807) is 36.4 Å². The quantitative estimate of drug-likeness (QED) is 0.546. The Morgan fingerprint density at radius 1 is 0.903 bits per heavy atom. The normalized spacial score (nSPS) is 12.8. The lowest BCUT2D eigenvalue weighted by Gasteiger charge is -2.14. The van der Waals surface area contributed by atoms with Gasteiger partial charge in [0, 0.05) is 24.3 Å². The Balaban J connectivity index is 1.54. The van der Waals surface area contributed by atoms with Crippen LogP contribution < -0.4 is 20.7 Å². The summed E-state index contributed by atoms with van der Waals surface area (Å²) in [4.78, 5) is 36.2. The van der Waals surface area contributed by atoms with Crippen molar-refractivity contribution in [1.29, 1.82) is 0 Å². The van der Waals surface area contributed by atoms with Crippen molar-refractivity contribution >= 4 is 39.9 Å². The highest BCUT2D eigenvalue weighted by Gasteiger charge is 2.23. The zero-order chi connectivity index (χ0) is 21.8. The molecule has 4 rings (SSSR count). The van der Waals surface area contributed by atoms with Gasteiger partial charge in [0.2, 0.25) is 5.91 Å². The van der Waals surface area contributed by atoms with E-state index in [-0.39, 0.29) is 30.4 Å². The molecule has 0 spiro atoms. The standard InChI is InChI=1S/C24H23N3O4/c1-15(28)25-18-6-10-20(11-7-18)27-24(30)21-12-16-4-2-3-5-17(16)13-22(21)31-14-23(29)26-19-8-9-19/h2-7,10-13,19H,8-9,14H2,1H3,(H,25,28)(H,26,29)(H,27,30). The number of rotatable bonds is 7. The van der Waals surface area contributed by atoms with Gasteiger partial charge in [-0.1, -0.05) is 24.3 Å². The number of anilines is 2. The van der Waals surface area contributed by atoms with Crippen molar-refractivity contribution in [2.75, 3.05) is 17.2 Å². The zero-order valence-corrected chi connectivity index (χ0v) is 17.1. The van der Waals surface area contributed by atoms with Crippen LogP contribution in [0.4, 0.5) is 11.4 Å². The predicted octanol–water partition coefficient (Wildman–Crippen LogP) is 3.71. The fraction of sp³-hybridized carbons (Fsp3) is 0.208. The minimum atomic E-state index is -0.351. The van der Waals surface area contributed by atoms with Crippen LogP contribution in [0.1, 0.15) is 30.1 Å². The molecule has 3 N–H and O–H groups in total. The van der Waals surface area contributed by atoms with Gasteiger partial charge in [0.25, 0.3) is 11.8 Å². The molecule has 0 bridgehead atoms. The summed E-state index contributed by atoms with van der Waals surface area (Å²) in [7, 11) is 0. The first kappa shape index (κ1) is 20.4. The van der Waals surface area contributed by atoms with Crippen LogP contribution in [-0.2, 0) is 9.59 Å². The summed E-state index contributed by atoms with van der Waals surface area (Å²) in [5.41, 5.74) is 1.55. The Kier molecular flexibility index (Phi) is 5.84. The summed E-state index contributed by atoms with van der Waals surface area (Å²) in [6, 6.07) is 18.2. The molecule has 158 valence electrons. The van der Waals surface area contributed by atoms with E-state index >= 15 is 0 Å². The summed E-state index contributed by atoms with van der Waals surface area (Å²) in [5.74, 6) is -0.372. The van der Waals surface area contributed by atoms with Gasteiger partial charge in [-0.3, -0.25) is 14.4 Å². The van der Waals surface area contributed by atoms with E-state index in [4.69, 9.17) is 4.74 Å². The van der Waals surface area contributed by atoms with Crippen LogP contribution >= 0.6 is 0 Å². The Hall–Kier alpha value is -3.87. The summed E-state index contributed by atoms with van der Waals surface area (Å²) in [6.45, 7) is 1.28. The zero-order valence-electron chi connectivity index (χ0n) is 17.1. The lowest BCUT2D eigenvalue weighted by molar-refractivity contribution is -0.123. The lowest BCUT2D eigenvalue weighted by Crippen LogP contribution is -2.30. The SMILES string of the molecule is CC(=O)Nc1ccc(NC(=O)c2cc3ccccc3cc2OCC(=O)NC2CC2)cc1. The van der Waals surface area contributed by atoms with E-state index in [9.17, 15) is 14.4 Å². The van der Waals surface area contributed by atoms with Crippen molar-refractivity contribution in [2.45, 2.75) is 25.8 Å². The van der Waals surface area contributed by atoms with Crippen LogP contribution in [0.3, 0.4) is 0 Å². The molecule has 0 saturated heterocycles. The van der Waals surface area contributed by atoms with Crippen molar-refractivity contribution in [2.24, 2.45) is 0 Å². The number of nitrogens with one attached hydrogen (secondary N) is 3. The second-order valence-corrected chi connectivity index (χ2v) is 7.54. The number of carbonyl (C=O) groups excluding carboxylic acids is 3. The van der Waals surface area contributed by atoms with Crippen molar-refractivity contribution < 1.29 is 19.1 Å². The first-order chi connectivity index (χ1) is 15.0. The van der Waals surface area contributed by atoms with Crippen molar-refractivity contribution in [1.82, 2.24) is 5.32 Å². The van der Waals surface area contributed by atoms with Gasteiger partial charge >= 0.3 is 0 Å². The second-order valence-electron chi connectivity index (χ2n) is 7.54. The first-order valence-electron chi connectivity index (χ1n) is 10.1. The van der Waals surface area contributed by atoms with Crippen LogP contribution in [0, 0.1) is 0 Å². The van der Waals surface area contributed by atoms with E-state index < -0.39 is 0 Å². The topological polar surface area (TPSA) is 96.5 Å². The molecule has 3 aromatic rings. The van der Waals surface area contributed by atoms with E-state index in [1.807, 2.05) is 24.3 Å². The van der Waals surface area contributed by atoms with Crippen molar-refractivity contribution in [3.05, 3.63) is 66.2 Å². The Bertz CT molecular complexity index is 1140. The molecule has 0 radical (unpaired) electrons. The van der Waals surface area contributed by atoms with E-state index in [1.165, 1.54) is 6.92 Å². The molecule has 1 fully saturated rings. The molecule has 0 unspecified atom stereocenters. The number of benzene rings is 3. The molecule has 0 aromatic heterocycles. The van der Waals surface area contributed by atoms with Gasteiger partial charge in [-0.15, -0.1) is 0 Å². The number of fused-ring (bicyclic) bond motifs is 1. The fourth-order valence-corrected chi connectivity index (χ4v) is 3.20. The minimum Gasteiger partial charge on any atom is -0.483 e. The highest BCUT2D eigenvalue weighted by atomic mass is 16.5. The fourth-order valence-electron chi connectivity index (χ4n) is 3.20. The molecule has 0 atom stereocenters. The van der Waals surface area contributed by atoms with Gasteiger partial charge in [-0.05, 0) is 60.0 Å². The predicted molar refractivity (Wildman–Crippen MR) is 119 cm³/mol. The highest BCUT2D eigenvalue weighted by Crippen LogP contribution is 2.27. The average Bonchev–Trinajstić information content (AvgIpc) is 3.56. The van der Waals surface area contributed by atoms with Crippen LogP contribution in [0.5, 0.6) is 5.75 Å². The number of hydrogen-bond donors (Lipinski definition) is 3. The maximum absolute atomic E-state index is 13.0. The molecule has 0 aliphatic heterocycles. The molecule has 0 heterocycles. The summed E-state index contributed by atoms with van der Waals surface area (Å²) >= 11 is 0. The maximum atomic E-state index is 13.0. The number of ether oxygens (including phenoxy) is 1. The van der Waals surface area contributed by atoms with Gasteiger partial charge in [-0.25, -0.2) is 0 Å². The smallest absolute Gasteiger partial charge is 0.259 e. The Labute approximate surface area is 179 Å². The number of carbonyl (C=O) groups is 3. The lowest BCUT2D eigenvalue weighted by atomic mass is 10.1. The molecule has 7 nitrogen and oxygen atoms in total. The second kappa shape index (κ2) is 8.87. The van der Waals surface area contributed by atoms with Crippen LogP contribution in [0.25, 0.3) is 10.8 Å². The van der Waals surface area contributed by atoms with Crippen molar-refractivity contribution in [3.63, 3.8) is 0 Å². The van der Waals surface area contributed by atoms with E-state index in [2.05, 4.69) is 16.0 Å². The van der Waals surface area contributed by atoms with E-state index in [0.717, 1.165) is 23.6 Å². The first-order valence-corrected chi connectivity index (χ1v) is 10.1.